The topological polar surface area (TPSA) is 21.7 Å². The third kappa shape index (κ3) is 2.51. The van der Waals surface area contributed by atoms with Crippen LogP contribution < -0.4 is 0 Å². The van der Waals surface area contributed by atoms with Crippen molar-refractivity contribution in [1.82, 2.24) is 4.90 Å². The summed E-state index contributed by atoms with van der Waals surface area (Å²) in [6, 6.07) is 0. The minimum atomic E-state index is 0.260. The summed E-state index contributed by atoms with van der Waals surface area (Å²) in [5.41, 5.74) is 0. The van der Waals surface area contributed by atoms with E-state index < -0.39 is 0 Å². The molecular formula is C6H14NO2P. The molecule has 1 fully saturated rings. The summed E-state index contributed by atoms with van der Waals surface area (Å²) in [5, 5.41) is 0. The fourth-order valence-electron chi connectivity index (χ4n) is 1.07. The molecule has 0 saturated carbocycles. The highest BCUT2D eigenvalue weighted by Gasteiger charge is 2.16. The molecule has 1 rings (SSSR count). The molecule has 1 unspecified atom stereocenters. The van der Waals surface area contributed by atoms with Crippen molar-refractivity contribution in [2.24, 2.45) is 0 Å². The zero-order valence-electron chi connectivity index (χ0n) is 6.25. The van der Waals surface area contributed by atoms with Gasteiger partial charge < -0.3 is 14.2 Å². The van der Waals surface area contributed by atoms with Crippen molar-refractivity contribution in [3.8, 4) is 0 Å². The number of rotatable bonds is 2. The van der Waals surface area contributed by atoms with E-state index in [1.54, 1.807) is 0 Å². The standard InChI is InChI=1S/C6H14NO2P/c1-7-2-3-8-6(4-7)5-9-10/h6H,2-5,10H2,1H3/t6-/m1/s1. The van der Waals surface area contributed by atoms with Crippen LogP contribution in [0.15, 0.2) is 0 Å². The third-order valence-electron chi connectivity index (χ3n) is 1.62. The number of hydrogen-bond donors (Lipinski definition) is 0. The van der Waals surface area contributed by atoms with Gasteiger partial charge in [0.1, 0.15) is 0 Å². The van der Waals surface area contributed by atoms with E-state index in [1.807, 2.05) is 0 Å². The molecular weight excluding hydrogens is 149 g/mol. The van der Waals surface area contributed by atoms with E-state index >= 15 is 0 Å². The van der Waals surface area contributed by atoms with Crippen molar-refractivity contribution >= 4 is 9.47 Å². The summed E-state index contributed by atoms with van der Waals surface area (Å²) in [5.74, 6) is 0. The van der Waals surface area contributed by atoms with Crippen LogP contribution >= 0.6 is 9.47 Å². The minimum Gasteiger partial charge on any atom is -0.373 e. The molecule has 2 atom stereocenters. The van der Waals surface area contributed by atoms with Gasteiger partial charge in [-0.05, 0) is 7.05 Å². The van der Waals surface area contributed by atoms with Gasteiger partial charge in [0.25, 0.3) is 0 Å². The van der Waals surface area contributed by atoms with Crippen molar-refractivity contribution in [3.63, 3.8) is 0 Å². The van der Waals surface area contributed by atoms with Gasteiger partial charge >= 0.3 is 0 Å². The summed E-state index contributed by atoms with van der Waals surface area (Å²) in [6.45, 7) is 3.52. The lowest BCUT2D eigenvalue weighted by Crippen LogP contribution is -2.41. The van der Waals surface area contributed by atoms with E-state index in [4.69, 9.17) is 9.26 Å². The molecule has 0 aromatic rings. The van der Waals surface area contributed by atoms with Gasteiger partial charge in [0.2, 0.25) is 0 Å². The predicted molar refractivity (Wildman–Crippen MR) is 42.9 cm³/mol. The maximum absolute atomic E-state index is 5.41. The van der Waals surface area contributed by atoms with Crippen LogP contribution in [0.2, 0.25) is 0 Å². The summed E-state index contributed by atoms with van der Waals surface area (Å²) >= 11 is 0. The van der Waals surface area contributed by atoms with Crippen LogP contribution in [0.25, 0.3) is 0 Å². The molecule has 4 heteroatoms. The number of morpholine rings is 1. The van der Waals surface area contributed by atoms with Crippen molar-refractivity contribution in [2.45, 2.75) is 6.10 Å². The first-order valence-electron chi connectivity index (χ1n) is 3.44. The van der Waals surface area contributed by atoms with E-state index in [1.165, 1.54) is 0 Å². The molecule has 1 heterocycles. The van der Waals surface area contributed by atoms with Crippen molar-refractivity contribution in [2.75, 3.05) is 33.4 Å². The molecule has 0 radical (unpaired) electrons. The highest BCUT2D eigenvalue weighted by atomic mass is 31.0. The molecule has 0 spiro atoms. The minimum absolute atomic E-state index is 0.260. The summed E-state index contributed by atoms with van der Waals surface area (Å²) in [6.07, 6.45) is 0.260. The second-order valence-corrected chi connectivity index (χ2v) is 2.92. The van der Waals surface area contributed by atoms with Gasteiger partial charge in [-0.1, -0.05) is 0 Å². The Bertz CT molecular complexity index is 99.7. The summed E-state index contributed by atoms with van der Waals surface area (Å²) in [7, 11) is 4.34. The first-order chi connectivity index (χ1) is 4.83. The molecule has 0 N–H and O–H groups in total. The molecule has 3 nitrogen and oxygen atoms in total. The highest BCUT2D eigenvalue weighted by molar-refractivity contribution is 7.09. The molecule has 10 heavy (non-hydrogen) atoms. The van der Waals surface area contributed by atoms with E-state index in [9.17, 15) is 0 Å². The molecule has 0 amide bonds. The maximum Gasteiger partial charge on any atom is 0.0938 e. The first kappa shape index (κ1) is 8.41. The van der Waals surface area contributed by atoms with E-state index in [0.29, 0.717) is 6.61 Å². The predicted octanol–water partition coefficient (Wildman–Crippen LogP) is 0.124. The Kier molecular flexibility index (Phi) is 3.57. The van der Waals surface area contributed by atoms with Crippen LogP contribution in [0.5, 0.6) is 0 Å². The fourth-order valence-corrected chi connectivity index (χ4v) is 1.29. The zero-order valence-corrected chi connectivity index (χ0v) is 7.40. The Morgan fingerprint density at radius 2 is 2.60 bits per heavy atom. The van der Waals surface area contributed by atoms with Gasteiger partial charge in [-0.25, -0.2) is 0 Å². The van der Waals surface area contributed by atoms with Gasteiger partial charge in [0, 0.05) is 22.6 Å². The van der Waals surface area contributed by atoms with E-state index in [-0.39, 0.29) is 6.10 Å². The van der Waals surface area contributed by atoms with Gasteiger partial charge in [-0.3, -0.25) is 0 Å². The Balaban J connectivity index is 2.18. The molecule has 0 aromatic heterocycles. The summed E-state index contributed by atoms with van der Waals surface area (Å²) < 4.78 is 10.3. The van der Waals surface area contributed by atoms with Gasteiger partial charge in [0.15, 0.2) is 0 Å². The van der Waals surface area contributed by atoms with Gasteiger partial charge in [0.05, 0.1) is 19.3 Å². The first-order valence-corrected chi connectivity index (χ1v) is 3.92. The number of ether oxygens (including phenoxy) is 1. The van der Waals surface area contributed by atoms with Crippen molar-refractivity contribution in [1.29, 1.82) is 0 Å². The van der Waals surface area contributed by atoms with Crippen molar-refractivity contribution in [3.05, 3.63) is 0 Å². The van der Waals surface area contributed by atoms with Crippen LogP contribution in [0, 0.1) is 0 Å². The van der Waals surface area contributed by atoms with E-state index in [2.05, 4.69) is 21.4 Å². The Labute approximate surface area is 64.0 Å². The lowest BCUT2D eigenvalue weighted by atomic mass is 10.3. The highest BCUT2D eigenvalue weighted by Crippen LogP contribution is 2.04. The van der Waals surface area contributed by atoms with Crippen LogP contribution in [0.3, 0.4) is 0 Å². The van der Waals surface area contributed by atoms with Gasteiger partial charge in [-0.2, -0.15) is 0 Å². The fraction of sp³-hybridized carbons (Fsp3) is 1.00. The third-order valence-corrected chi connectivity index (χ3v) is 1.82. The maximum atomic E-state index is 5.41. The summed E-state index contributed by atoms with van der Waals surface area (Å²) in [4.78, 5) is 2.25. The lowest BCUT2D eigenvalue weighted by Gasteiger charge is -2.29. The average molecular weight is 163 g/mol. The Morgan fingerprint density at radius 3 is 3.20 bits per heavy atom. The Hall–Kier alpha value is 0.310. The molecule has 60 valence electrons. The molecule has 1 saturated heterocycles. The lowest BCUT2D eigenvalue weighted by molar-refractivity contribution is -0.0375. The molecule has 0 bridgehead atoms. The monoisotopic (exact) mass is 163 g/mol. The number of hydrogen-bond acceptors (Lipinski definition) is 3. The quantitative estimate of drug-likeness (QED) is 0.540. The second kappa shape index (κ2) is 4.24. The SMILES string of the molecule is CN1CCO[C@@H](COP)C1. The number of likely N-dealkylation sites (N-methyl/N-ethyl adjacent to an activating group) is 1. The van der Waals surface area contributed by atoms with E-state index in [0.717, 1.165) is 19.7 Å². The van der Waals surface area contributed by atoms with Crippen LogP contribution in [0.1, 0.15) is 0 Å². The smallest absolute Gasteiger partial charge is 0.0938 e. The molecule has 0 aromatic carbocycles. The van der Waals surface area contributed by atoms with Crippen LogP contribution in [-0.2, 0) is 9.26 Å². The van der Waals surface area contributed by atoms with Gasteiger partial charge in [-0.15, -0.1) is 0 Å². The molecule has 1 aliphatic rings. The average Bonchev–Trinajstić information content (AvgIpc) is 1.88. The number of nitrogens with zero attached hydrogens (tertiary/aromatic N) is 1. The second-order valence-electron chi connectivity index (χ2n) is 2.59. The molecule has 0 aliphatic carbocycles. The normalized spacial score (nSPS) is 28.8. The Morgan fingerprint density at radius 1 is 1.80 bits per heavy atom. The van der Waals surface area contributed by atoms with Crippen LogP contribution in [-0.4, -0.2) is 44.4 Å². The van der Waals surface area contributed by atoms with Crippen molar-refractivity contribution < 1.29 is 9.26 Å². The largest absolute Gasteiger partial charge is 0.373 e. The molecule has 1 aliphatic heterocycles. The van der Waals surface area contributed by atoms with Crippen LogP contribution in [0.4, 0.5) is 0 Å². The zero-order chi connectivity index (χ0) is 7.40.